The number of carbonyl (C=O) groups is 2. The quantitative estimate of drug-likeness (QED) is 0.110. The van der Waals surface area contributed by atoms with Crippen molar-refractivity contribution >= 4 is 17.4 Å². The van der Waals surface area contributed by atoms with E-state index in [0.29, 0.717) is 41.6 Å². The molecule has 5 rings (SSSR count). The second-order valence-electron chi connectivity index (χ2n) is 9.48. The molecule has 0 spiro atoms. The van der Waals surface area contributed by atoms with Gasteiger partial charge in [0, 0.05) is 5.56 Å². The number of likely N-dealkylation sites (tertiary alicyclic amines) is 1. The Bertz CT molecular complexity index is 1530. The summed E-state index contributed by atoms with van der Waals surface area (Å²) in [6.07, 6.45) is 3.15. The molecule has 1 amide bonds. The molecular weight excluding hydrogens is 506 g/mol. The Morgan fingerprint density at radius 1 is 0.975 bits per heavy atom. The van der Waals surface area contributed by atoms with Gasteiger partial charge in [-0.3, -0.25) is 9.59 Å². The van der Waals surface area contributed by atoms with Gasteiger partial charge in [0.15, 0.2) is 0 Å². The van der Waals surface area contributed by atoms with Crippen LogP contribution in [0.1, 0.15) is 34.1 Å². The largest absolute Gasteiger partial charge is 0.507 e. The van der Waals surface area contributed by atoms with E-state index in [1.54, 1.807) is 66.7 Å². The van der Waals surface area contributed by atoms with E-state index in [-0.39, 0.29) is 17.9 Å². The molecule has 0 bridgehead atoms. The summed E-state index contributed by atoms with van der Waals surface area (Å²) >= 11 is 0. The van der Waals surface area contributed by atoms with Gasteiger partial charge in [-0.15, -0.1) is 0 Å². The Morgan fingerprint density at radius 2 is 1.70 bits per heavy atom. The van der Waals surface area contributed by atoms with E-state index in [1.165, 1.54) is 11.2 Å². The van der Waals surface area contributed by atoms with Gasteiger partial charge in [-0.05, 0) is 66.6 Å². The third-order valence-electron chi connectivity index (χ3n) is 6.63. The first-order valence-corrected chi connectivity index (χ1v) is 12.9. The predicted molar refractivity (Wildman–Crippen MR) is 151 cm³/mol. The van der Waals surface area contributed by atoms with Crippen LogP contribution in [0.3, 0.4) is 0 Å². The zero-order chi connectivity index (χ0) is 28.1. The lowest BCUT2D eigenvalue weighted by Crippen LogP contribution is -2.29. The van der Waals surface area contributed by atoms with Crippen molar-refractivity contribution in [1.29, 1.82) is 0 Å². The summed E-state index contributed by atoms with van der Waals surface area (Å²) in [4.78, 5) is 27.9. The maximum atomic E-state index is 13.3. The van der Waals surface area contributed by atoms with E-state index in [4.69, 9.17) is 13.9 Å². The van der Waals surface area contributed by atoms with Crippen LogP contribution in [0, 0.1) is 6.92 Å². The van der Waals surface area contributed by atoms with E-state index in [1.807, 2.05) is 25.1 Å². The Hall–Kier alpha value is -5.04. The molecule has 1 aliphatic rings. The number of aryl methyl sites for hydroxylation is 1. The number of aliphatic hydroxyl groups excluding tert-OH is 1. The summed E-state index contributed by atoms with van der Waals surface area (Å²) in [6, 6.07) is 24.5. The Labute approximate surface area is 232 Å². The van der Waals surface area contributed by atoms with Gasteiger partial charge in [-0.2, -0.15) is 0 Å². The van der Waals surface area contributed by atoms with Crippen molar-refractivity contribution in [1.82, 2.24) is 4.90 Å². The van der Waals surface area contributed by atoms with Crippen LogP contribution in [0.25, 0.3) is 5.76 Å². The van der Waals surface area contributed by atoms with Crippen molar-refractivity contribution in [2.75, 3.05) is 6.61 Å². The van der Waals surface area contributed by atoms with Gasteiger partial charge in [0.1, 0.15) is 36.2 Å². The number of benzene rings is 3. The topological polar surface area (TPSA) is 89.2 Å². The maximum absolute atomic E-state index is 13.3. The molecule has 1 fully saturated rings. The molecule has 1 saturated heterocycles. The first-order chi connectivity index (χ1) is 19.4. The summed E-state index contributed by atoms with van der Waals surface area (Å²) in [6.45, 7) is 6.49. The number of nitrogens with zero attached hydrogens (tertiary/aromatic N) is 1. The van der Waals surface area contributed by atoms with Crippen LogP contribution >= 0.6 is 0 Å². The summed E-state index contributed by atoms with van der Waals surface area (Å²) < 4.78 is 16.9. The fourth-order valence-electron chi connectivity index (χ4n) is 4.69. The van der Waals surface area contributed by atoms with E-state index >= 15 is 0 Å². The second-order valence-corrected chi connectivity index (χ2v) is 9.48. The number of hydrogen-bond donors (Lipinski definition) is 1. The maximum Gasteiger partial charge on any atom is 0.296 e. The molecule has 1 atom stereocenters. The van der Waals surface area contributed by atoms with Gasteiger partial charge < -0.3 is 23.9 Å². The second kappa shape index (κ2) is 11.8. The number of aliphatic hydroxyl groups is 1. The van der Waals surface area contributed by atoms with E-state index in [9.17, 15) is 14.7 Å². The highest BCUT2D eigenvalue weighted by Gasteiger charge is 2.46. The molecule has 1 aliphatic heterocycles. The van der Waals surface area contributed by atoms with E-state index in [2.05, 4.69) is 12.6 Å². The van der Waals surface area contributed by atoms with Crippen molar-refractivity contribution in [3.05, 3.63) is 137 Å². The highest BCUT2D eigenvalue weighted by Crippen LogP contribution is 2.41. The molecule has 2 heterocycles. The fraction of sp³-hybridized carbons (Fsp3) is 0.152. The fourth-order valence-corrected chi connectivity index (χ4v) is 4.69. The summed E-state index contributed by atoms with van der Waals surface area (Å²) in [7, 11) is 0. The molecule has 3 aromatic carbocycles. The number of Topliss-reactive ketones (excluding diaryl/α,β-unsaturated/α-hetero) is 1. The smallest absolute Gasteiger partial charge is 0.296 e. The third kappa shape index (κ3) is 5.68. The van der Waals surface area contributed by atoms with Gasteiger partial charge in [0.05, 0.1) is 24.4 Å². The Kier molecular flexibility index (Phi) is 7.82. The number of carbonyl (C=O) groups excluding carboxylic acids is 2. The van der Waals surface area contributed by atoms with Gasteiger partial charge >= 0.3 is 0 Å². The van der Waals surface area contributed by atoms with Gasteiger partial charge in [-0.25, -0.2) is 0 Å². The van der Waals surface area contributed by atoms with Crippen LogP contribution < -0.4 is 9.47 Å². The highest BCUT2D eigenvalue weighted by molar-refractivity contribution is 6.46. The van der Waals surface area contributed by atoms with Crippen LogP contribution in [0.2, 0.25) is 0 Å². The summed E-state index contributed by atoms with van der Waals surface area (Å²) in [5, 5.41) is 11.4. The molecule has 7 heteroatoms. The minimum absolute atomic E-state index is 0.00439. The molecule has 1 unspecified atom stereocenters. The molecular formula is C33H29NO6. The minimum atomic E-state index is -0.823. The Balaban J connectivity index is 1.45. The van der Waals surface area contributed by atoms with Crippen LogP contribution in [0.4, 0.5) is 0 Å². The van der Waals surface area contributed by atoms with Crippen molar-refractivity contribution in [3.63, 3.8) is 0 Å². The summed E-state index contributed by atoms with van der Waals surface area (Å²) in [5.41, 5.74) is 3.25. The van der Waals surface area contributed by atoms with Gasteiger partial charge in [0.2, 0.25) is 0 Å². The molecule has 0 saturated carbocycles. The van der Waals surface area contributed by atoms with E-state index in [0.717, 1.165) is 11.1 Å². The first kappa shape index (κ1) is 26.6. The lowest BCUT2D eigenvalue weighted by atomic mass is 9.95. The lowest BCUT2D eigenvalue weighted by molar-refractivity contribution is -0.140. The molecule has 7 nitrogen and oxygen atoms in total. The number of hydrogen-bond acceptors (Lipinski definition) is 6. The van der Waals surface area contributed by atoms with Crippen molar-refractivity contribution in [2.24, 2.45) is 0 Å². The minimum Gasteiger partial charge on any atom is -0.507 e. The zero-order valence-electron chi connectivity index (χ0n) is 22.1. The lowest BCUT2D eigenvalue weighted by Gasteiger charge is -2.24. The van der Waals surface area contributed by atoms with Crippen LogP contribution in [-0.4, -0.2) is 28.3 Å². The normalized spacial score (nSPS) is 16.2. The Morgan fingerprint density at radius 3 is 2.38 bits per heavy atom. The number of furan rings is 1. The van der Waals surface area contributed by atoms with Crippen LogP contribution in [-0.2, 0) is 22.7 Å². The molecule has 40 heavy (non-hydrogen) atoms. The van der Waals surface area contributed by atoms with Crippen molar-refractivity contribution in [3.8, 4) is 11.5 Å². The average Bonchev–Trinajstić information content (AvgIpc) is 3.58. The van der Waals surface area contributed by atoms with Crippen molar-refractivity contribution < 1.29 is 28.6 Å². The number of ether oxygens (including phenoxy) is 2. The third-order valence-corrected chi connectivity index (χ3v) is 6.63. The zero-order valence-corrected chi connectivity index (χ0v) is 22.1. The number of ketones is 1. The number of rotatable bonds is 10. The van der Waals surface area contributed by atoms with Crippen LogP contribution in [0.5, 0.6) is 11.5 Å². The monoisotopic (exact) mass is 535 g/mol. The highest BCUT2D eigenvalue weighted by atomic mass is 16.5. The van der Waals surface area contributed by atoms with Gasteiger partial charge in [0.25, 0.3) is 11.7 Å². The number of amides is 1. The predicted octanol–water partition coefficient (Wildman–Crippen LogP) is 6.35. The van der Waals surface area contributed by atoms with Crippen LogP contribution in [0.15, 0.2) is 114 Å². The first-order valence-electron chi connectivity index (χ1n) is 12.9. The summed E-state index contributed by atoms with van der Waals surface area (Å²) in [5.74, 6) is 0.0141. The van der Waals surface area contributed by atoms with Gasteiger partial charge in [-0.1, -0.05) is 54.6 Å². The molecule has 202 valence electrons. The SMILES string of the molecule is C=CCOc1ccc(C2/C(=C(\O)c3ccc(OCc4cccc(C)c4)cc3)C(=O)C(=O)N2Cc2ccco2)cc1. The molecule has 4 aromatic rings. The standard InChI is InChI=1S/C33H29NO6/c1-3-17-38-26-13-9-24(10-14-26)30-29(32(36)33(37)34(30)20-28-8-5-18-39-28)31(35)25-11-15-27(16-12-25)40-21-23-7-4-6-22(2)19-23/h3-16,18-19,30,35H,1,17,20-21H2,2H3/b31-29+. The van der Waals surface area contributed by atoms with E-state index < -0.39 is 17.7 Å². The average molecular weight is 536 g/mol. The molecule has 0 aliphatic carbocycles. The molecule has 0 radical (unpaired) electrons. The molecule has 1 aromatic heterocycles. The molecule has 1 N–H and O–H groups in total. The van der Waals surface area contributed by atoms with Crippen molar-refractivity contribution in [2.45, 2.75) is 26.1 Å².